The fourth-order valence-corrected chi connectivity index (χ4v) is 10.6. The van der Waals surface area contributed by atoms with Gasteiger partial charge in [0.2, 0.25) is 0 Å². The summed E-state index contributed by atoms with van der Waals surface area (Å²) in [4.78, 5) is 11.8. The first-order chi connectivity index (χ1) is 35.4. The van der Waals surface area contributed by atoms with E-state index in [9.17, 15) is 15.0 Å². The summed E-state index contributed by atoms with van der Waals surface area (Å²) in [5.74, 6) is 0.372. The molecule has 0 aliphatic heterocycles. The van der Waals surface area contributed by atoms with E-state index in [4.69, 9.17) is 4.74 Å². The van der Waals surface area contributed by atoms with Crippen LogP contribution >= 0.6 is 0 Å². The molecule has 0 aromatic heterocycles. The predicted octanol–water partition coefficient (Wildman–Crippen LogP) is 21.1. The number of aliphatic hydroxyl groups is 2. The molecule has 0 bridgehead atoms. The van der Waals surface area contributed by atoms with Gasteiger partial charge in [-0.15, -0.1) is 0 Å². The van der Waals surface area contributed by atoms with Crippen LogP contribution in [0.5, 0.6) is 0 Å². The quantitative estimate of drug-likeness (QED) is 0.0282. The Kier molecular flexibility index (Phi) is 39.5. The van der Waals surface area contributed by atoms with Crippen LogP contribution in [0.1, 0.15) is 269 Å². The maximum absolute atomic E-state index is 11.8. The van der Waals surface area contributed by atoms with E-state index < -0.39 is 0 Å². The Hall–Kier alpha value is -3.47. The van der Waals surface area contributed by atoms with Crippen LogP contribution in [0.15, 0.2) is 130 Å². The van der Waals surface area contributed by atoms with E-state index in [2.05, 4.69) is 168 Å². The van der Waals surface area contributed by atoms with Gasteiger partial charge in [-0.3, -0.25) is 4.79 Å². The molecule has 2 aliphatic rings. The van der Waals surface area contributed by atoms with Crippen LogP contribution in [0.3, 0.4) is 0 Å². The second kappa shape index (κ2) is 42.6. The topological polar surface area (TPSA) is 66.8 Å². The zero-order valence-corrected chi connectivity index (χ0v) is 50.3. The molecule has 0 saturated heterocycles. The maximum atomic E-state index is 11.8. The first-order valence-electron chi connectivity index (χ1n) is 30.4. The van der Waals surface area contributed by atoms with Gasteiger partial charge < -0.3 is 14.9 Å². The van der Waals surface area contributed by atoms with Crippen molar-refractivity contribution in [2.75, 3.05) is 6.61 Å². The smallest absolute Gasteiger partial charge is 0.305 e. The molecule has 0 aromatic rings. The molecule has 420 valence electrons. The van der Waals surface area contributed by atoms with E-state index in [0.717, 1.165) is 32.1 Å². The number of hydrogen-bond acceptors (Lipinski definition) is 4. The lowest BCUT2D eigenvalue weighted by Gasteiger charge is -2.38. The van der Waals surface area contributed by atoms with Crippen molar-refractivity contribution < 1.29 is 19.7 Å². The molecule has 0 amide bonds. The Balaban J connectivity index is 0.000000770. The molecule has 0 fully saturated rings. The SMILES string of the molecule is CC1=C[C@H](O)CC(C)(C)[C@H]1/C=C/C(C)=C/C=C/C(C)=C/C=C/C=C(C)/C=C/C=C(C)/C=C/C1=C(C)C[C@@H](O)CC1(C)C.CCCCCCCCCCCCCCCC(=O)OCCCCCCCCCCCCCC. The minimum atomic E-state index is -0.331. The molecule has 4 nitrogen and oxygen atoms in total. The average molecular weight is 1020 g/mol. The Labute approximate surface area is 458 Å². The third-order valence-corrected chi connectivity index (χ3v) is 15.1. The fraction of sp³-hybridized carbons (Fsp3) is 0.671. The molecular formula is C70H116O4. The molecule has 0 saturated carbocycles. The highest BCUT2D eigenvalue weighted by Gasteiger charge is 2.34. The molecule has 0 radical (unpaired) electrons. The third-order valence-electron chi connectivity index (χ3n) is 15.1. The largest absolute Gasteiger partial charge is 0.466 e. The van der Waals surface area contributed by atoms with E-state index in [1.54, 1.807) is 0 Å². The zero-order chi connectivity index (χ0) is 54.9. The Bertz CT molecular complexity index is 1810. The number of carbonyl (C=O) groups is 1. The molecule has 2 aliphatic carbocycles. The zero-order valence-electron chi connectivity index (χ0n) is 50.3. The summed E-state index contributed by atoms with van der Waals surface area (Å²) in [6.07, 6.45) is 68.0. The third kappa shape index (κ3) is 35.7. The van der Waals surface area contributed by atoms with Crippen molar-refractivity contribution in [3.63, 3.8) is 0 Å². The molecule has 74 heavy (non-hydrogen) atoms. The second-order valence-electron chi connectivity index (χ2n) is 23.8. The number of hydrogen-bond donors (Lipinski definition) is 2. The van der Waals surface area contributed by atoms with Crippen LogP contribution in [0.2, 0.25) is 0 Å². The summed E-state index contributed by atoms with van der Waals surface area (Å²) in [5.41, 5.74) is 8.73. The summed E-state index contributed by atoms with van der Waals surface area (Å²) in [6.45, 7) is 26.8. The number of aliphatic hydroxyl groups excluding tert-OH is 2. The standard InChI is InChI=1S/C40H56O2.C30H60O2/c1-29(17-13-19-31(3)21-23-37-33(5)25-35(41)27-39(37,7)8)15-11-12-16-30(2)18-14-20-32(4)22-24-38-34(6)26-36(42)28-40(38,9)10;1-3-5-7-9-11-13-15-17-18-20-22-24-26-28-30(31)32-29-27-25-23-21-19-16-14-12-10-8-6-4-2/h11-25,35-37,41-42H,26-28H2,1-10H3;3-29H2,1-2H3/b12-11+,17-13+,18-14+,23-21+,24-22+,29-15+,30-16+,31-19+,32-20+;/t35-,36+,37-;/m0./s1. The predicted molar refractivity (Wildman–Crippen MR) is 326 cm³/mol. The van der Waals surface area contributed by atoms with Gasteiger partial charge in [-0.05, 0) is 90.0 Å². The fourth-order valence-electron chi connectivity index (χ4n) is 10.6. The lowest BCUT2D eigenvalue weighted by Crippen LogP contribution is -2.32. The van der Waals surface area contributed by atoms with Gasteiger partial charge >= 0.3 is 5.97 Å². The van der Waals surface area contributed by atoms with Gasteiger partial charge in [-0.25, -0.2) is 0 Å². The van der Waals surface area contributed by atoms with Gasteiger partial charge in [0.25, 0.3) is 0 Å². The van der Waals surface area contributed by atoms with Crippen molar-refractivity contribution in [3.8, 4) is 0 Å². The van der Waals surface area contributed by atoms with Gasteiger partial charge in [0.05, 0.1) is 18.8 Å². The molecular weight excluding hydrogens is 905 g/mol. The Morgan fingerprint density at radius 1 is 0.554 bits per heavy atom. The summed E-state index contributed by atoms with van der Waals surface area (Å²) in [5, 5.41) is 20.2. The number of esters is 1. The molecule has 0 aromatic carbocycles. The number of unbranched alkanes of at least 4 members (excludes halogenated alkanes) is 23. The van der Waals surface area contributed by atoms with Gasteiger partial charge in [0.1, 0.15) is 0 Å². The van der Waals surface area contributed by atoms with Crippen LogP contribution < -0.4 is 0 Å². The van der Waals surface area contributed by atoms with E-state index in [1.807, 2.05) is 6.08 Å². The van der Waals surface area contributed by atoms with E-state index in [1.165, 1.54) is 187 Å². The Morgan fingerprint density at radius 2 is 0.959 bits per heavy atom. The molecule has 0 heterocycles. The summed E-state index contributed by atoms with van der Waals surface area (Å²) < 4.78 is 5.40. The van der Waals surface area contributed by atoms with Gasteiger partial charge in [-0.2, -0.15) is 0 Å². The highest BCUT2D eigenvalue weighted by Crippen LogP contribution is 2.42. The van der Waals surface area contributed by atoms with E-state index in [-0.39, 0.29) is 29.0 Å². The Morgan fingerprint density at radius 3 is 1.41 bits per heavy atom. The van der Waals surface area contributed by atoms with Crippen LogP contribution in [-0.4, -0.2) is 35.0 Å². The van der Waals surface area contributed by atoms with Crippen molar-refractivity contribution in [3.05, 3.63) is 130 Å². The number of rotatable bonds is 37. The molecule has 2 N–H and O–H groups in total. The maximum Gasteiger partial charge on any atom is 0.305 e. The number of allylic oxidation sites excluding steroid dienone is 20. The summed E-state index contributed by atoms with van der Waals surface area (Å²) >= 11 is 0. The minimum absolute atomic E-state index is 0.00528. The highest BCUT2D eigenvalue weighted by atomic mass is 16.5. The number of ether oxygens (including phenoxy) is 1. The van der Waals surface area contributed by atoms with Crippen molar-refractivity contribution >= 4 is 5.97 Å². The van der Waals surface area contributed by atoms with Crippen LogP contribution in [0.25, 0.3) is 0 Å². The normalized spacial score (nSPS) is 19.9. The lowest BCUT2D eigenvalue weighted by molar-refractivity contribution is -0.143. The van der Waals surface area contributed by atoms with E-state index >= 15 is 0 Å². The average Bonchev–Trinajstić information content (AvgIpc) is 3.32. The van der Waals surface area contributed by atoms with Gasteiger partial charge in [0.15, 0.2) is 0 Å². The lowest BCUT2D eigenvalue weighted by atomic mass is 9.67. The van der Waals surface area contributed by atoms with Crippen molar-refractivity contribution in [2.45, 2.75) is 281 Å². The highest BCUT2D eigenvalue weighted by molar-refractivity contribution is 5.69. The van der Waals surface area contributed by atoms with Gasteiger partial charge in [-0.1, -0.05) is 314 Å². The molecule has 2 rings (SSSR count). The first kappa shape index (κ1) is 68.5. The van der Waals surface area contributed by atoms with Crippen LogP contribution in [-0.2, 0) is 9.53 Å². The summed E-state index contributed by atoms with van der Waals surface area (Å²) in [6, 6.07) is 0. The minimum Gasteiger partial charge on any atom is -0.466 e. The molecule has 0 spiro atoms. The van der Waals surface area contributed by atoms with E-state index in [0.29, 0.717) is 18.9 Å². The van der Waals surface area contributed by atoms with Gasteiger partial charge in [0, 0.05) is 12.3 Å². The second-order valence-corrected chi connectivity index (χ2v) is 23.8. The molecule has 4 heteroatoms. The molecule has 0 unspecified atom stereocenters. The van der Waals surface area contributed by atoms with Crippen molar-refractivity contribution in [1.29, 1.82) is 0 Å². The van der Waals surface area contributed by atoms with Crippen molar-refractivity contribution in [1.82, 2.24) is 0 Å². The van der Waals surface area contributed by atoms with Crippen molar-refractivity contribution in [2.24, 2.45) is 16.7 Å². The van der Waals surface area contributed by atoms with Crippen LogP contribution in [0.4, 0.5) is 0 Å². The summed E-state index contributed by atoms with van der Waals surface area (Å²) in [7, 11) is 0. The first-order valence-corrected chi connectivity index (χ1v) is 30.4. The molecule has 3 atom stereocenters. The van der Waals surface area contributed by atoms with Crippen LogP contribution in [0, 0.1) is 16.7 Å². The monoisotopic (exact) mass is 1020 g/mol. The number of carbonyl (C=O) groups excluding carboxylic acids is 1.